The largest absolute Gasteiger partial charge is 0.356 e. The number of carbonyl (C=O) groups excluding carboxylic acids is 1. The lowest BCUT2D eigenvalue weighted by molar-refractivity contribution is 0.0975. The Morgan fingerprint density at radius 1 is 1.06 bits per heavy atom. The van der Waals surface area contributed by atoms with E-state index in [2.05, 4.69) is 36.6 Å². The molecule has 1 atom stereocenters. The maximum absolute atomic E-state index is 12.8. The van der Waals surface area contributed by atoms with Gasteiger partial charge in [0.15, 0.2) is 5.96 Å². The van der Waals surface area contributed by atoms with Crippen LogP contribution in [-0.4, -0.2) is 39.9 Å². The second-order valence-corrected chi connectivity index (χ2v) is 8.74. The molecule has 184 valence electrons. The number of benzene rings is 2. The molecule has 2 heterocycles. The molecule has 0 saturated carbocycles. The molecular formula is C28H29ClN6O. The molecule has 7 nitrogen and oxygen atoms in total. The summed E-state index contributed by atoms with van der Waals surface area (Å²) in [7, 11) is 0. The summed E-state index contributed by atoms with van der Waals surface area (Å²) in [5.41, 5.74) is 3.70. The van der Waals surface area contributed by atoms with Crippen LogP contribution in [0, 0.1) is 0 Å². The number of rotatable bonds is 10. The molecule has 0 fully saturated rings. The second-order valence-electron chi connectivity index (χ2n) is 8.31. The number of aryl methyl sites for hydroxylation is 1. The standard InChI is InChI=1S/C28H29ClN6O/c29-23-11-6-10-22(18-23)25(26-13-4-5-15-31-26)14-17-33-28(32-16-7-12-24-19-30-20-34-24)35-27(36)21-8-2-1-3-9-21/h1-6,8-11,13,15,18-20,25H,7,12,14,16-17H2,(H,30,34)(H2,32,33,35,36). The van der Waals surface area contributed by atoms with Crippen molar-refractivity contribution in [1.29, 1.82) is 0 Å². The molecule has 0 aliphatic carbocycles. The molecule has 1 unspecified atom stereocenters. The number of aromatic nitrogens is 3. The van der Waals surface area contributed by atoms with Crippen molar-refractivity contribution in [2.75, 3.05) is 13.1 Å². The van der Waals surface area contributed by atoms with Crippen molar-refractivity contribution in [1.82, 2.24) is 25.6 Å². The molecule has 1 amide bonds. The van der Waals surface area contributed by atoms with Crippen LogP contribution in [0.1, 0.15) is 46.1 Å². The number of carbonyl (C=O) groups is 1. The van der Waals surface area contributed by atoms with Crippen molar-refractivity contribution < 1.29 is 4.79 Å². The van der Waals surface area contributed by atoms with Gasteiger partial charge in [0, 0.05) is 53.4 Å². The summed E-state index contributed by atoms with van der Waals surface area (Å²) >= 11 is 6.28. The van der Waals surface area contributed by atoms with Gasteiger partial charge in [-0.15, -0.1) is 0 Å². The van der Waals surface area contributed by atoms with E-state index in [0.717, 1.165) is 36.2 Å². The van der Waals surface area contributed by atoms with Crippen LogP contribution in [0.25, 0.3) is 0 Å². The Balaban J connectivity index is 1.43. The zero-order chi connectivity index (χ0) is 25.0. The van der Waals surface area contributed by atoms with Gasteiger partial charge in [0.2, 0.25) is 0 Å². The third-order valence-electron chi connectivity index (χ3n) is 5.72. The van der Waals surface area contributed by atoms with Crippen molar-refractivity contribution in [3.63, 3.8) is 0 Å². The molecule has 0 spiro atoms. The lowest BCUT2D eigenvalue weighted by Crippen LogP contribution is -2.42. The number of pyridine rings is 1. The summed E-state index contributed by atoms with van der Waals surface area (Å²) in [6, 6.07) is 22.9. The van der Waals surface area contributed by atoms with Crippen LogP contribution in [0.5, 0.6) is 0 Å². The number of aliphatic imine (C=N–C) groups is 1. The SMILES string of the molecule is O=C(NC(=NCCCc1cnc[nH]1)NCCC(c1cccc(Cl)c1)c1ccccn1)c1ccccc1. The first-order valence-electron chi connectivity index (χ1n) is 12.0. The van der Waals surface area contributed by atoms with Crippen molar-refractivity contribution in [2.24, 2.45) is 4.99 Å². The first-order valence-corrected chi connectivity index (χ1v) is 12.3. The van der Waals surface area contributed by atoms with Gasteiger partial charge in [0.1, 0.15) is 0 Å². The number of amides is 1. The number of halogens is 1. The average molecular weight is 501 g/mol. The Morgan fingerprint density at radius 2 is 1.92 bits per heavy atom. The van der Waals surface area contributed by atoms with Gasteiger partial charge >= 0.3 is 0 Å². The molecule has 2 aromatic carbocycles. The monoisotopic (exact) mass is 500 g/mol. The Hall–Kier alpha value is -3.97. The first-order chi connectivity index (χ1) is 17.7. The number of nitrogens with zero attached hydrogens (tertiary/aromatic N) is 3. The molecule has 3 N–H and O–H groups in total. The van der Waals surface area contributed by atoms with E-state index in [1.54, 1.807) is 24.7 Å². The summed E-state index contributed by atoms with van der Waals surface area (Å²) in [6.07, 6.45) is 7.68. The fourth-order valence-corrected chi connectivity index (χ4v) is 4.12. The molecule has 36 heavy (non-hydrogen) atoms. The number of H-pyrrole nitrogens is 1. The summed E-state index contributed by atoms with van der Waals surface area (Å²) in [6.45, 7) is 1.15. The normalized spacial score (nSPS) is 12.2. The van der Waals surface area contributed by atoms with Gasteiger partial charge in [-0.05, 0) is 61.2 Å². The van der Waals surface area contributed by atoms with Gasteiger partial charge < -0.3 is 10.3 Å². The van der Waals surface area contributed by atoms with Crippen molar-refractivity contribution in [2.45, 2.75) is 25.2 Å². The number of nitrogens with one attached hydrogen (secondary N) is 3. The predicted octanol–water partition coefficient (Wildman–Crippen LogP) is 4.99. The zero-order valence-corrected chi connectivity index (χ0v) is 20.7. The summed E-state index contributed by atoms with van der Waals surface area (Å²) < 4.78 is 0. The van der Waals surface area contributed by atoms with Crippen molar-refractivity contribution >= 4 is 23.5 Å². The Bertz CT molecular complexity index is 1250. The van der Waals surface area contributed by atoms with Crippen LogP contribution in [-0.2, 0) is 6.42 Å². The second kappa shape index (κ2) is 13.2. The molecule has 4 rings (SSSR count). The topological polar surface area (TPSA) is 95.1 Å². The number of aromatic amines is 1. The molecule has 4 aromatic rings. The van der Waals surface area contributed by atoms with Crippen LogP contribution in [0.3, 0.4) is 0 Å². The Morgan fingerprint density at radius 3 is 2.67 bits per heavy atom. The molecule has 0 bridgehead atoms. The third kappa shape index (κ3) is 7.52. The lowest BCUT2D eigenvalue weighted by atomic mass is 9.92. The number of guanidine groups is 1. The van der Waals surface area contributed by atoms with E-state index in [9.17, 15) is 4.79 Å². The minimum Gasteiger partial charge on any atom is -0.356 e. The first kappa shape index (κ1) is 25.1. The van der Waals surface area contributed by atoms with Gasteiger partial charge in [0.25, 0.3) is 5.91 Å². The van der Waals surface area contributed by atoms with Crippen molar-refractivity contribution in [3.05, 3.63) is 119 Å². The fraction of sp³-hybridized carbons (Fsp3) is 0.214. The molecule has 0 saturated heterocycles. The highest BCUT2D eigenvalue weighted by molar-refractivity contribution is 6.30. The Labute approximate surface area is 216 Å². The smallest absolute Gasteiger partial charge is 0.257 e. The molecule has 0 aliphatic heterocycles. The van der Waals surface area contributed by atoms with Crippen LogP contribution in [0.4, 0.5) is 0 Å². The van der Waals surface area contributed by atoms with Gasteiger partial charge in [-0.3, -0.25) is 20.1 Å². The molecule has 2 aromatic heterocycles. The molecule has 0 aliphatic rings. The highest BCUT2D eigenvalue weighted by Gasteiger charge is 2.16. The summed E-state index contributed by atoms with van der Waals surface area (Å²) in [5.74, 6) is 0.301. The van der Waals surface area contributed by atoms with Crippen LogP contribution in [0.2, 0.25) is 5.02 Å². The van der Waals surface area contributed by atoms with Gasteiger partial charge in [-0.25, -0.2) is 4.98 Å². The van der Waals surface area contributed by atoms with Gasteiger partial charge in [-0.2, -0.15) is 0 Å². The predicted molar refractivity (Wildman–Crippen MR) is 143 cm³/mol. The Kier molecular flexibility index (Phi) is 9.22. The van der Waals surface area contributed by atoms with E-state index >= 15 is 0 Å². The molecule has 8 heteroatoms. The molecular weight excluding hydrogens is 472 g/mol. The van der Waals surface area contributed by atoms with E-state index in [-0.39, 0.29) is 11.8 Å². The number of hydrogen-bond acceptors (Lipinski definition) is 4. The van der Waals surface area contributed by atoms with Crippen LogP contribution in [0.15, 0.2) is 96.5 Å². The summed E-state index contributed by atoms with van der Waals surface area (Å²) in [4.78, 5) is 29.2. The highest BCUT2D eigenvalue weighted by Crippen LogP contribution is 2.28. The minimum absolute atomic E-state index is 0.0452. The number of hydrogen-bond donors (Lipinski definition) is 3. The average Bonchev–Trinajstić information content (AvgIpc) is 3.43. The zero-order valence-electron chi connectivity index (χ0n) is 19.9. The van der Waals surface area contributed by atoms with E-state index in [4.69, 9.17) is 11.6 Å². The lowest BCUT2D eigenvalue weighted by Gasteiger charge is -2.19. The highest BCUT2D eigenvalue weighted by atomic mass is 35.5. The minimum atomic E-state index is -0.202. The fourth-order valence-electron chi connectivity index (χ4n) is 3.92. The van der Waals surface area contributed by atoms with Crippen LogP contribution >= 0.6 is 11.6 Å². The van der Waals surface area contributed by atoms with Gasteiger partial charge in [-0.1, -0.05) is 48.0 Å². The van der Waals surface area contributed by atoms with Crippen LogP contribution < -0.4 is 10.6 Å². The third-order valence-corrected chi connectivity index (χ3v) is 5.95. The van der Waals surface area contributed by atoms with E-state index in [1.165, 1.54) is 0 Å². The van der Waals surface area contributed by atoms with E-state index in [1.807, 2.05) is 60.8 Å². The maximum Gasteiger partial charge on any atom is 0.257 e. The van der Waals surface area contributed by atoms with Gasteiger partial charge in [0.05, 0.1) is 6.33 Å². The number of imidazole rings is 1. The maximum atomic E-state index is 12.8. The van der Waals surface area contributed by atoms with E-state index < -0.39 is 0 Å². The van der Waals surface area contributed by atoms with Crippen molar-refractivity contribution in [3.8, 4) is 0 Å². The quantitative estimate of drug-likeness (QED) is 0.162. The molecule has 0 radical (unpaired) electrons. The summed E-state index contributed by atoms with van der Waals surface area (Å²) in [5, 5.41) is 6.96. The van der Waals surface area contributed by atoms with E-state index in [0.29, 0.717) is 29.6 Å².